The second-order valence-electron chi connectivity index (χ2n) is 5.78. The smallest absolute Gasteiger partial charge is 0.262 e. The zero-order valence-electron chi connectivity index (χ0n) is 10.8. The molecule has 0 spiro atoms. The standard InChI is InChI=1S/C14H19BrN2OS/c15-11-4-5-19-13(11)14(18)17-12-8-2-1-3-9(12)7-10(16)6-8/h4-5,8-10,12H,1-3,6-7,16H2,(H,17,18). The second kappa shape index (κ2) is 5.54. The molecule has 2 aliphatic rings. The van der Waals surface area contributed by atoms with E-state index in [4.69, 9.17) is 5.73 Å². The Hall–Kier alpha value is -0.390. The maximum Gasteiger partial charge on any atom is 0.262 e. The summed E-state index contributed by atoms with van der Waals surface area (Å²) in [5.74, 6) is 1.22. The Bertz CT molecular complexity index is 462. The molecule has 0 radical (unpaired) electrons. The molecule has 2 fully saturated rings. The van der Waals surface area contributed by atoms with E-state index < -0.39 is 0 Å². The SMILES string of the molecule is NC1CC2CCCC(C1)C2NC(=O)c1sccc1Br. The molecule has 1 heterocycles. The number of carbonyl (C=O) groups excluding carboxylic acids is 1. The van der Waals surface area contributed by atoms with Crippen molar-refractivity contribution in [2.75, 3.05) is 0 Å². The van der Waals surface area contributed by atoms with Gasteiger partial charge in [-0.25, -0.2) is 0 Å². The van der Waals surface area contributed by atoms with Gasteiger partial charge in [0.2, 0.25) is 0 Å². The van der Waals surface area contributed by atoms with Gasteiger partial charge in [-0.3, -0.25) is 4.79 Å². The molecule has 3 N–H and O–H groups in total. The van der Waals surface area contributed by atoms with Crippen LogP contribution in [-0.2, 0) is 0 Å². The predicted octanol–water partition coefficient (Wildman–Crippen LogP) is 3.15. The van der Waals surface area contributed by atoms with E-state index in [2.05, 4.69) is 21.2 Å². The van der Waals surface area contributed by atoms with Crippen molar-refractivity contribution >= 4 is 33.2 Å². The molecule has 1 aromatic rings. The van der Waals surface area contributed by atoms with Crippen LogP contribution in [0.25, 0.3) is 0 Å². The summed E-state index contributed by atoms with van der Waals surface area (Å²) in [5, 5.41) is 5.21. The highest BCUT2D eigenvalue weighted by atomic mass is 79.9. The molecular weight excluding hydrogens is 324 g/mol. The quantitative estimate of drug-likeness (QED) is 0.867. The largest absolute Gasteiger partial charge is 0.348 e. The van der Waals surface area contributed by atoms with Crippen LogP contribution in [0.4, 0.5) is 0 Å². The third kappa shape index (κ3) is 2.73. The van der Waals surface area contributed by atoms with Gasteiger partial charge in [0, 0.05) is 16.6 Å². The van der Waals surface area contributed by atoms with Crippen LogP contribution < -0.4 is 11.1 Å². The molecule has 104 valence electrons. The lowest BCUT2D eigenvalue weighted by Gasteiger charge is -2.45. The number of hydrogen-bond donors (Lipinski definition) is 2. The van der Waals surface area contributed by atoms with Gasteiger partial charge in [-0.2, -0.15) is 0 Å². The Morgan fingerprint density at radius 3 is 2.63 bits per heavy atom. The summed E-state index contributed by atoms with van der Waals surface area (Å²) >= 11 is 4.92. The minimum atomic E-state index is 0.0687. The first-order valence-corrected chi connectivity index (χ1v) is 8.62. The van der Waals surface area contributed by atoms with E-state index in [0.717, 1.165) is 22.2 Å². The van der Waals surface area contributed by atoms with Gasteiger partial charge in [-0.15, -0.1) is 11.3 Å². The molecule has 2 aliphatic carbocycles. The fraction of sp³-hybridized carbons (Fsp3) is 0.643. The van der Waals surface area contributed by atoms with Gasteiger partial charge in [-0.05, 0) is 64.9 Å². The molecule has 19 heavy (non-hydrogen) atoms. The summed E-state index contributed by atoms with van der Waals surface area (Å²) in [5.41, 5.74) is 6.12. The second-order valence-corrected chi connectivity index (χ2v) is 7.55. The van der Waals surface area contributed by atoms with Gasteiger partial charge < -0.3 is 11.1 Å². The van der Waals surface area contributed by atoms with E-state index in [1.807, 2.05) is 11.4 Å². The topological polar surface area (TPSA) is 55.1 Å². The van der Waals surface area contributed by atoms with Crippen LogP contribution in [0.1, 0.15) is 41.8 Å². The van der Waals surface area contributed by atoms with Crippen LogP contribution >= 0.6 is 27.3 Å². The van der Waals surface area contributed by atoms with Crippen molar-refractivity contribution in [1.82, 2.24) is 5.32 Å². The summed E-state index contributed by atoms with van der Waals surface area (Å²) in [6, 6.07) is 2.59. The lowest BCUT2D eigenvalue weighted by Crippen LogP contribution is -2.53. The van der Waals surface area contributed by atoms with Gasteiger partial charge in [0.25, 0.3) is 5.91 Å². The summed E-state index contributed by atoms with van der Waals surface area (Å²) < 4.78 is 0.896. The average molecular weight is 343 g/mol. The summed E-state index contributed by atoms with van der Waals surface area (Å²) in [6.07, 6.45) is 5.83. The van der Waals surface area contributed by atoms with Crippen molar-refractivity contribution in [3.63, 3.8) is 0 Å². The molecule has 1 aromatic heterocycles. The first-order chi connectivity index (χ1) is 9.15. The van der Waals surface area contributed by atoms with Crippen molar-refractivity contribution in [2.45, 2.75) is 44.2 Å². The number of carbonyl (C=O) groups is 1. The molecule has 0 aliphatic heterocycles. The first-order valence-electron chi connectivity index (χ1n) is 6.94. The van der Waals surface area contributed by atoms with Crippen LogP contribution in [0, 0.1) is 11.8 Å². The third-order valence-corrected chi connectivity index (χ3v) is 6.33. The number of amides is 1. The van der Waals surface area contributed by atoms with Crippen molar-refractivity contribution < 1.29 is 4.79 Å². The normalized spacial score (nSPS) is 34.0. The van der Waals surface area contributed by atoms with Crippen LogP contribution in [-0.4, -0.2) is 18.0 Å². The molecule has 0 aromatic carbocycles. The Morgan fingerprint density at radius 1 is 1.37 bits per heavy atom. The van der Waals surface area contributed by atoms with E-state index >= 15 is 0 Å². The number of rotatable bonds is 2. The highest BCUT2D eigenvalue weighted by Gasteiger charge is 2.40. The molecule has 3 nitrogen and oxygen atoms in total. The van der Waals surface area contributed by atoms with E-state index in [1.54, 1.807) is 0 Å². The maximum absolute atomic E-state index is 12.3. The number of fused-ring (bicyclic) bond motifs is 2. The van der Waals surface area contributed by atoms with Gasteiger partial charge >= 0.3 is 0 Å². The Kier molecular flexibility index (Phi) is 3.96. The fourth-order valence-electron chi connectivity index (χ4n) is 3.70. The molecule has 2 saturated carbocycles. The number of hydrogen-bond acceptors (Lipinski definition) is 3. The molecule has 5 heteroatoms. The van der Waals surface area contributed by atoms with Gasteiger partial charge in [0.1, 0.15) is 4.88 Å². The van der Waals surface area contributed by atoms with Crippen LogP contribution in [0.2, 0.25) is 0 Å². The first kappa shape index (κ1) is 13.6. The summed E-state index contributed by atoms with van der Waals surface area (Å²) in [7, 11) is 0. The van der Waals surface area contributed by atoms with E-state index in [1.165, 1.54) is 30.6 Å². The van der Waals surface area contributed by atoms with Gasteiger partial charge in [-0.1, -0.05) is 6.42 Å². The Labute approximate surface area is 126 Å². The van der Waals surface area contributed by atoms with Crippen molar-refractivity contribution in [2.24, 2.45) is 17.6 Å². The van der Waals surface area contributed by atoms with Crippen molar-refractivity contribution in [1.29, 1.82) is 0 Å². The van der Waals surface area contributed by atoms with E-state index in [0.29, 0.717) is 23.9 Å². The van der Waals surface area contributed by atoms with Crippen molar-refractivity contribution in [3.05, 3.63) is 20.8 Å². The number of nitrogens with one attached hydrogen (secondary N) is 1. The Morgan fingerprint density at radius 2 is 2.05 bits per heavy atom. The maximum atomic E-state index is 12.3. The van der Waals surface area contributed by atoms with E-state index in [-0.39, 0.29) is 5.91 Å². The average Bonchev–Trinajstić information content (AvgIpc) is 2.76. The van der Waals surface area contributed by atoms with Gasteiger partial charge in [0.15, 0.2) is 0 Å². The molecule has 3 rings (SSSR count). The predicted molar refractivity (Wildman–Crippen MR) is 81.3 cm³/mol. The fourth-order valence-corrected chi connectivity index (χ4v) is 5.15. The van der Waals surface area contributed by atoms with E-state index in [9.17, 15) is 4.79 Å². The molecule has 2 unspecified atom stereocenters. The number of thiophene rings is 1. The van der Waals surface area contributed by atoms with Crippen molar-refractivity contribution in [3.8, 4) is 0 Å². The molecule has 2 bridgehead atoms. The zero-order chi connectivity index (χ0) is 13.4. The monoisotopic (exact) mass is 342 g/mol. The molecule has 1 amide bonds. The number of halogens is 1. The zero-order valence-corrected chi connectivity index (χ0v) is 13.2. The van der Waals surface area contributed by atoms with Gasteiger partial charge in [0.05, 0.1) is 0 Å². The molecule has 2 atom stereocenters. The van der Waals surface area contributed by atoms with Crippen LogP contribution in [0.3, 0.4) is 0 Å². The van der Waals surface area contributed by atoms with Crippen LogP contribution in [0.5, 0.6) is 0 Å². The Balaban J connectivity index is 1.72. The van der Waals surface area contributed by atoms with Crippen LogP contribution in [0.15, 0.2) is 15.9 Å². The number of nitrogens with two attached hydrogens (primary N) is 1. The lowest BCUT2D eigenvalue weighted by atomic mass is 9.67. The molecule has 0 saturated heterocycles. The minimum Gasteiger partial charge on any atom is -0.348 e. The summed E-state index contributed by atoms with van der Waals surface area (Å²) in [4.78, 5) is 13.1. The lowest BCUT2D eigenvalue weighted by molar-refractivity contribution is 0.0759. The summed E-state index contributed by atoms with van der Waals surface area (Å²) in [6.45, 7) is 0. The highest BCUT2D eigenvalue weighted by Crippen LogP contribution is 2.40. The minimum absolute atomic E-state index is 0.0687. The molecular formula is C14H19BrN2OS. The third-order valence-electron chi connectivity index (χ3n) is 4.50. The highest BCUT2D eigenvalue weighted by molar-refractivity contribution is 9.10.